The number of ether oxygens (including phenoxy) is 1. The Morgan fingerprint density at radius 3 is 1.89 bits per heavy atom. The van der Waals surface area contributed by atoms with E-state index in [2.05, 4.69) is 4.74 Å². The number of hydrogen-bond acceptors (Lipinski definition) is 2. The number of alkyl halides is 3. The fourth-order valence-electron chi connectivity index (χ4n) is 0.163. The Bertz CT molecular complexity index is 104. The van der Waals surface area contributed by atoms with Crippen LogP contribution in [0.15, 0.2) is 0 Å². The zero-order chi connectivity index (χ0) is 6.78. The molecule has 0 aliphatic carbocycles. The van der Waals surface area contributed by atoms with Gasteiger partial charge in [-0.15, -0.1) is 13.2 Å². The molecular weight excluding hydrogens is 132 g/mol. The molecule has 0 saturated carbocycles. The smallest absolute Gasteiger partial charge is 1.00 e. The molecule has 0 spiro atoms. The normalized spacial score (nSPS) is 9.78. The van der Waals surface area contributed by atoms with Crippen molar-refractivity contribution in [2.45, 2.75) is 13.3 Å². The predicted octanol–water partition coefficient (Wildman–Crippen LogP) is -1.81. The summed E-state index contributed by atoms with van der Waals surface area (Å²) in [5.74, 6) is -1.35. The Kier molecular flexibility index (Phi) is 4.91. The minimum absolute atomic E-state index is 0. The van der Waals surface area contributed by atoms with E-state index in [9.17, 15) is 18.0 Å². The number of esters is 1. The van der Waals surface area contributed by atoms with Crippen LogP contribution in [0.2, 0.25) is 0 Å². The van der Waals surface area contributed by atoms with Gasteiger partial charge in [0.1, 0.15) is 0 Å². The number of hydrogen-bond donors (Lipinski definition) is 0. The maximum atomic E-state index is 10.9. The van der Waals surface area contributed by atoms with Crippen LogP contribution < -0.4 is 18.9 Å². The summed E-state index contributed by atoms with van der Waals surface area (Å²) >= 11 is 0. The van der Waals surface area contributed by atoms with Gasteiger partial charge in [-0.25, -0.2) is 0 Å². The third-order valence-corrected chi connectivity index (χ3v) is 0.259. The van der Waals surface area contributed by atoms with Crippen LogP contribution in [-0.2, 0) is 9.53 Å². The maximum absolute atomic E-state index is 10.9. The third-order valence-electron chi connectivity index (χ3n) is 0.259. The number of carbonyl (C=O) groups is 1. The largest absolute Gasteiger partial charge is 1.00 e. The van der Waals surface area contributed by atoms with Crippen molar-refractivity contribution >= 4 is 5.97 Å². The summed E-state index contributed by atoms with van der Waals surface area (Å²) in [4.78, 5) is 9.52. The standard InChI is InChI=1S/C3H3F3O2.Li.H/c1-2(7)8-3(4,5)6;;/h1H3;;/q;+1;-1. The molecule has 0 saturated heterocycles. The van der Waals surface area contributed by atoms with E-state index < -0.39 is 12.3 Å². The Morgan fingerprint density at radius 1 is 1.56 bits per heavy atom. The van der Waals surface area contributed by atoms with E-state index in [1.807, 2.05) is 0 Å². The summed E-state index contributed by atoms with van der Waals surface area (Å²) in [6.45, 7) is 0.688. The van der Waals surface area contributed by atoms with Gasteiger partial charge in [-0.2, -0.15) is 0 Å². The first-order valence-corrected chi connectivity index (χ1v) is 1.68. The fourth-order valence-corrected chi connectivity index (χ4v) is 0.163. The minimum Gasteiger partial charge on any atom is -1.00 e. The Morgan fingerprint density at radius 2 is 1.89 bits per heavy atom. The molecule has 2 nitrogen and oxygen atoms in total. The van der Waals surface area contributed by atoms with Crippen LogP contribution in [0.1, 0.15) is 8.35 Å². The van der Waals surface area contributed by atoms with Crippen LogP contribution in [0.4, 0.5) is 13.2 Å². The quantitative estimate of drug-likeness (QED) is 0.289. The predicted molar refractivity (Wildman–Crippen MR) is 18.9 cm³/mol. The second-order valence-electron chi connectivity index (χ2n) is 1.04. The second-order valence-corrected chi connectivity index (χ2v) is 1.04. The fraction of sp³-hybridized carbons (Fsp3) is 0.667. The molecule has 0 aromatic heterocycles. The summed E-state index contributed by atoms with van der Waals surface area (Å²) < 4.78 is 35.4. The first-order chi connectivity index (χ1) is 3.42. The average molecular weight is 136 g/mol. The molecule has 50 valence electrons. The molecule has 0 aromatic rings. The summed E-state index contributed by atoms with van der Waals surface area (Å²) in [7, 11) is 0. The molecule has 0 N–H and O–H groups in total. The summed E-state index contributed by atoms with van der Waals surface area (Å²) in [5.41, 5.74) is 0. The van der Waals surface area contributed by atoms with E-state index >= 15 is 0 Å². The van der Waals surface area contributed by atoms with E-state index in [0.717, 1.165) is 0 Å². The number of rotatable bonds is 0. The number of carbonyl (C=O) groups excluding carboxylic acids is 1. The van der Waals surface area contributed by atoms with Crippen molar-refractivity contribution in [1.29, 1.82) is 0 Å². The topological polar surface area (TPSA) is 26.3 Å². The zero-order valence-electron chi connectivity index (χ0n) is 5.95. The van der Waals surface area contributed by atoms with Crippen LogP contribution in [0.3, 0.4) is 0 Å². The molecule has 0 aromatic carbocycles. The van der Waals surface area contributed by atoms with E-state index in [0.29, 0.717) is 6.92 Å². The van der Waals surface area contributed by atoms with Crippen molar-refractivity contribution in [2.24, 2.45) is 0 Å². The zero-order valence-corrected chi connectivity index (χ0v) is 4.95. The molecule has 9 heavy (non-hydrogen) atoms. The van der Waals surface area contributed by atoms with E-state index in [1.165, 1.54) is 0 Å². The van der Waals surface area contributed by atoms with Gasteiger partial charge in [0.2, 0.25) is 0 Å². The van der Waals surface area contributed by atoms with Crippen molar-refractivity contribution in [2.75, 3.05) is 0 Å². The first-order valence-electron chi connectivity index (χ1n) is 1.68. The molecule has 0 fully saturated rings. The van der Waals surface area contributed by atoms with Crippen LogP contribution in [0, 0.1) is 0 Å². The molecule has 6 heteroatoms. The Labute approximate surface area is 63.0 Å². The van der Waals surface area contributed by atoms with E-state index in [-0.39, 0.29) is 20.3 Å². The van der Waals surface area contributed by atoms with Gasteiger partial charge in [-0.05, 0) is 0 Å². The van der Waals surface area contributed by atoms with Gasteiger partial charge in [-0.1, -0.05) is 0 Å². The average Bonchev–Trinajstić information content (AvgIpc) is 1.21. The van der Waals surface area contributed by atoms with Crippen molar-refractivity contribution in [1.82, 2.24) is 0 Å². The van der Waals surface area contributed by atoms with Crippen LogP contribution in [0.5, 0.6) is 0 Å². The van der Waals surface area contributed by atoms with Crippen molar-refractivity contribution < 1.29 is 43.0 Å². The molecular formula is C3H4F3LiO2. The van der Waals surface area contributed by atoms with Gasteiger partial charge in [0.25, 0.3) is 0 Å². The molecule has 0 bridgehead atoms. The molecule has 0 amide bonds. The molecule has 0 heterocycles. The molecule has 0 aliphatic rings. The third kappa shape index (κ3) is 11.4. The van der Waals surface area contributed by atoms with Gasteiger partial charge in [0.15, 0.2) is 0 Å². The van der Waals surface area contributed by atoms with Crippen molar-refractivity contribution in [3.05, 3.63) is 0 Å². The molecule has 0 radical (unpaired) electrons. The van der Waals surface area contributed by atoms with E-state index in [4.69, 9.17) is 0 Å². The molecule has 0 aliphatic heterocycles. The van der Waals surface area contributed by atoms with Crippen LogP contribution in [0.25, 0.3) is 0 Å². The molecule has 0 atom stereocenters. The SMILES string of the molecule is CC(=O)OC(F)(F)F.[H-].[Li+]. The van der Waals surface area contributed by atoms with Crippen LogP contribution in [-0.4, -0.2) is 12.3 Å². The first kappa shape index (κ1) is 11.6. The molecule has 0 unspecified atom stereocenters. The van der Waals surface area contributed by atoms with Gasteiger partial charge in [-0.3, -0.25) is 4.79 Å². The van der Waals surface area contributed by atoms with Crippen molar-refractivity contribution in [3.63, 3.8) is 0 Å². The second kappa shape index (κ2) is 3.80. The summed E-state index contributed by atoms with van der Waals surface area (Å²) in [6.07, 6.45) is -4.83. The Balaban J connectivity index is -0.000000245. The monoisotopic (exact) mass is 136 g/mol. The summed E-state index contributed by atoms with van der Waals surface area (Å²) in [6, 6.07) is 0. The van der Waals surface area contributed by atoms with Crippen LogP contribution >= 0.6 is 0 Å². The minimum atomic E-state index is -4.83. The van der Waals surface area contributed by atoms with Crippen molar-refractivity contribution in [3.8, 4) is 0 Å². The maximum Gasteiger partial charge on any atom is 1.00 e. The summed E-state index contributed by atoms with van der Waals surface area (Å²) in [5, 5.41) is 0. The van der Waals surface area contributed by atoms with Gasteiger partial charge in [0.05, 0.1) is 0 Å². The Hall–Kier alpha value is -0.143. The number of halogens is 3. The van der Waals surface area contributed by atoms with Gasteiger partial charge < -0.3 is 6.16 Å². The molecule has 0 rings (SSSR count). The van der Waals surface area contributed by atoms with E-state index in [1.54, 1.807) is 0 Å². The van der Waals surface area contributed by atoms with Gasteiger partial charge in [0, 0.05) is 6.92 Å². The van der Waals surface area contributed by atoms with Gasteiger partial charge >= 0.3 is 31.2 Å².